The van der Waals surface area contributed by atoms with Crippen LogP contribution < -0.4 is 5.32 Å². The zero-order valence-electron chi connectivity index (χ0n) is 13.5. The second kappa shape index (κ2) is 7.95. The molecule has 1 aliphatic heterocycles. The summed E-state index contributed by atoms with van der Waals surface area (Å²) in [5.41, 5.74) is 1.34. The molecule has 3 rings (SSSR count). The van der Waals surface area contributed by atoms with Gasteiger partial charge in [-0.1, -0.05) is 42.5 Å². The number of rotatable bonds is 5. The molecular formula is C19H22N2O3. The van der Waals surface area contributed by atoms with Gasteiger partial charge in [0.05, 0.1) is 24.8 Å². The van der Waals surface area contributed by atoms with E-state index in [9.17, 15) is 9.90 Å². The van der Waals surface area contributed by atoms with Gasteiger partial charge in [0.25, 0.3) is 5.91 Å². The van der Waals surface area contributed by atoms with Gasteiger partial charge in [-0.05, 0) is 17.7 Å². The van der Waals surface area contributed by atoms with E-state index in [4.69, 9.17) is 4.74 Å². The first-order valence-electron chi connectivity index (χ1n) is 8.18. The number of para-hydroxylation sites is 1. The van der Waals surface area contributed by atoms with Crippen molar-refractivity contribution in [3.8, 4) is 5.75 Å². The van der Waals surface area contributed by atoms with Crippen molar-refractivity contribution in [3.05, 3.63) is 65.7 Å². The van der Waals surface area contributed by atoms with Crippen LogP contribution in [0.3, 0.4) is 0 Å². The predicted octanol–water partition coefficient (Wildman–Crippen LogP) is 2.20. The maximum absolute atomic E-state index is 12.6. The molecule has 1 fully saturated rings. The number of benzene rings is 2. The van der Waals surface area contributed by atoms with E-state index >= 15 is 0 Å². The van der Waals surface area contributed by atoms with Crippen molar-refractivity contribution in [1.82, 2.24) is 10.2 Å². The Hall–Kier alpha value is -2.37. The molecule has 126 valence electrons. The highest BCUT2D eigenvalue weighted by Gasteiger charge is 2.21. The van der Waals surface area contributed by atoms with Crippen LogP contribution in [0.2, 0.25) is 0 Å². The van der Waals surface area contributed by atoms with E-state index in [2.05, 4.69) is 10.2 Å². The number of phenols is 1. The van der Waals surface area contributed by atoms with Crippen molar-refractivity contribution < 1.29 is 14.6 Å². The summed E-state index contributed by atoms with van der Waals surface area (Å²) in [5.74, 6) is -0.275. The lowest BCUT2D eigenvalue weighted by atomic mass is 10.0. The van der Waals surface area contributed by atoms with Gasteiger partial charge in [-0.2, -0.15) is 0 Å². The first-order chi connectivity index (χ1) is 11.7. The minimum Gasteiger partial charge on any atom is -0.507 e. The number of nitrogens with zero attached hydrogens (tertiary/aromatic N) is 1. The van der Waals surface area contributed by atoms with Crippen LogP contribution in [0.25, 0.3) is 0 Å². The smallest absolute Gasteiger partial charge is 0.255 e. The molecule has 0 aromatic heterocycles. The largest absolute Gasteiger partial charge is 0.507 e. The summed E-state index contributed by atoms with van der Waals surface area (Å²) in [5, 5.41) is 13.0. The van der Waals surface area contributed by atoms with Crippen LogP contribution in [0.15, 0.2) is 54.6 Å². The molecule has 1 saturated heterocycles. The number of phenolic OH excluding ortho intramolecular Hbond substituents is 1. The molecule has 2 N–H and O–H groups in total. The highest BCUT2D eigenvalue weighted by atomic mass is 16.5. The molecular weight excluding hydrogens is 304 g/mol. The monoisotopic (exact) mass is 326 g/mol. The Kier molecular flexibility index (Phi) is 5.46. The number of morpholine rings is 1. The third kappa shape index (κ3) is 4.13. The van der Waals surface area contributed by atoms with Gasteiger partial charge < -0.3 is 15.2 Å². The van der Waals surface area contributed by atoms with Gasteiger partial charge in [-0.15, -0.1) is 0 Å². The summed E-state index contributed by atoms with van der Waals surface area (Å²) in [6.07, 6.45) is 0. The van der Waals surface area contributed by atoms with Crippen LogP contribution in [-0.4, -0.2) is 48.8 Å². The van der Waals surface area contributed by atoms with E-state index in [-0.39, 0.29) is 17.7 Å². The molecule has 0 saturated carbocycles. The summed E-state index contributed by atoms with van der Waals surface area (Å²) in [4.78, 5) is 14.9. The summed E-state index contributed by atoms with van der Waals surface area (Å²) in [6.45, 7) is 3.86. The highest BCUT2D eigenvalue weighted by Crippen LogP contribution is 2.19. The molecule has 2 aromatic rings. The first-order valence-corrected chi connectivity index (χ1v) is 8.18. The Morgan fingerprint density at radius 2 is 1.75 bits per heavy atom. The predicted molar refractivity (Wildman–Crippen MR) is 92.0 cm³/mol. The van der Waals surface area contributed by atoms with Gasteiger partial charge in [0, 0.05) is 19.6 Å². The number of amides is 1. The number of carbonyl (C=O) groups excluding carboxylic acids is 1. The minimum absolute atomic E-state index is 0.00631. The van der Waals surface area contributed by atoms with E-state index in [0.29, 0.717) is 12.1 Å². The average Bonchev–Trinajstić information content (AvgIpc) is 2.63. The van der Waals surface area contributed by atoms with Crippen LogP contribution in [0.1, 0.15) is 22.0 Å². The number of nitrogens with one attached hydrogen (secondary N) is 1. The molecule has 0 spiro atoms. The maximum atomic E-state index is 12.6. The molecule has 0 bridgehead atoms. The van der Waals surface area contributed by atoms with Crippen molar-refractivity contribution in [1.29, 1.82) is 0 Å². The summed E-state index contributed by atoms with van der Waals surface area (Å²) in [6, 6.07) is 16.4. The number of carbonyl (C=O) groups is 1. The summed E-state index contributed by atoms with van der Waals surface area (Å²) < 4.78 is 5.39. The van der Waals surface area contributed by atoms with Crippen LogP contribution in [-0.2, 0) is 4.74 Å². The molecule has 5 heteroatoms. The van der Waals surface area contributed by atoms with Crippen LogP contribution in [0.5, 0.6) is 5.75 Å². The molecule has 1 amide bonds. The van der Waals surface area contributed by atoms with Crippen LogP contribution in [0.4, 0.5) is 0 Å². The SMILES string of the molecule is O=C(NC(CN1CCOCC1)c1ccccc1)c1ccccc1O. The maximum Gasteiger partial charge on any atom is 0.255 e. The van der Waals surface area contributed by atoms with Crippen LogP contribution in [0, 0.1) is 0 Å². The quantitative estimate of drug-likeness (QED) is 0.884. The summed E-state index contributed by atoms with van der Waals surface area (Å²) >= 11 is 0. The number of aromatic hydroxyl groups is 1. The zero-order valence-corrected chi connectivity index (χ0v) is 13.5. The Balaban J connectivity index is 1.76. The summed E-state index contributed by atoms with van der Waals surface area (Å²) in [7, 11) is 0. The zero-order chi connectivity index (χ0) is 16.8. The molecule has 2 aromatic carbocycles. The van der Waals surface area contributed by atoms with Crippen molar-refractivity contribution in [3.63, 3.8) is 0 Å². The average molecular weight is 326 g/mol. The number of ether oxygens (including phenoxy) is 1. The molecule has 0 radical (unpaired) electrons. The van der Waals surface area contributed by atoms with E-state index < -0.39 is 0 Å². The number of hydrogen-bond acceptors (Lipinski definition) is 4. The third-order valence-electron chi connectivity index (χ3n) is 4.20. The van der Waals surface area contributed by atoms with E-state index in [1.807, 2.05) is 30.3 Å². The van der Waals surface area contributed by atoms with Crippen molar-refractivity contribution in [2.24, 2.45) is 0 Å². The second-order valence-electron chi connectivity index (χ2n) is 5.87. The first kappa shape index (κ1) is 16.5. The fourth-order valence-electron chi connectivity index (χ4n) is 2.86. The normalized spacial score (nSPS) is 16.5. The van der Waals surface area contributed by atoms with Gasteiger partial charge in [0.15, 0.2) is 0 Å². The topological polar surface area (TPSA) is 61.8 Å². The lowest BCUT2D eigenvalue weighted by molar-refractivity contribution is 0.0332. The Labute approximate surface area is 141 Å². The molecule has 24 heavy (non-hydrogen) atoms. The fraction of sp³-hybridized carbons (Fsp3) is 0.316. The molecule has 1 unspecified atom stereocenters. The highest BCUT2D eigenvalue weighted by molar-refractivity contribution is 5.97. The Morgan fingerprint density at radius 1 is 1.08 bits per heavy atom. The molecule has 0 aliphatic carbocycles. The van der Waals surface area contributed by atoms with Gasteiger partial charge in [0.2, 0.25) is 0 Å². The van der Waals surface area contributed by atoms with E-state index in [1.54, 1.807) is 18.2 Å². The van der Waals surface area contributed by atoms with Gasteiger partial charge >= 0.3 is 0 Å². The molecule has 1 atom stereocenters. The molecule has 5 nitrogen and oxygen atoms in total. The second-order valence-corrected chi connectivity index (χ2v) is 5.87. The van der Waals surface area contributed by atoms with E-state index in [1.165, 1.54) is 6.07 Å². The minimum atomic E-state index is -0.268. The van der Waals surface area contributed by atoms with Gasteiger partial charge in [-0.25, -0.2) is 0 Å². The van der Waals surface area contributed by atoms with Crippen molar-refractivity contribution in [2.75, 3.05) is 32.8 Å². The standard InChI is InChI=1S/C19H22N2O3/c22-18-9-5-4-8-16(18)19(23)20-17(15-6-2-1-3-7-15)14-21-10-12-24-13-11-21/h1-9,17,22H,10-14H2,(H,20,23). The van der Waals surface area contributed by atoms with Crippen molar-refractivity contribution >= 4 is 5.91 Å². The fourth-order valence-corrected chi connectivity index (χ4v) is 2.86. The van der Waals surface area contributed by atoms with Gasteiger partial charge in [-0.3, -0.25) is 9.69 Å². The van der Waals surface area contributed by atoms with Gasteiger partial charge in [0.1, 0.15) is 5.75 Å². The Morgan fingerprint density at radius 3 is 2.46 bits per heavy atom. The number of hydrogen-bond donors (Lipinski definition) is 2. The lowest BCUT2D eigenvalue weighted by Gasteiger charge is -2.31. The van der Waals surface area contributed by atoms with E-state index in [0.717, 1.165) is 31.9 Å². The Bertz CT molecular complexity index is 669. The van der Waals surface area contributed by atoms with Crippen molar-refractivity contribution in [2.45, 2.75) is 6.04 Å². The molecule has 1 aliphatic rings. The lowest BCUT2D eigenvalue weighted by Crippen LogP contribution is -2.43. The van der Waals surface area contributed by atoms with Crippen LogP contribution >= 0.6 is 0 Å². The molecule has 1 heterocycles. The third-order valence-corrected chi connectivity index (χ3v) is 4.20.